The number of hydrogen-bond donors (Lipinski definition) is 1. The molecular formula is C13H20N2O3S. The van der Waals surface area contributed by atoms with Crippen molar-refractivity contribution in [3.63, 3.8) is 0 Å². The topological polar surface area (TPSA) is 72.6 Å². The Hall–Kier alpha value is -1.11. The molecule has 2 unspecified atom stereocenters. The van der Waals surface area contributed by atoms with Crippen molar-refractivity contribution in [3.8, 4) is 5.75 Å². The maximum atomic E-state index is 12.6. The molecule has 0 spiro atoms. The predicted octanol–water partition coefficient (Wildman–Crippen LogP) is 1.05. The van der Waals surface area contributed by atoms with Gasteiger partial charge < -0.3 is 10.5 Å². The molecule has 1 aliphatic rings. The highest BCUT2D eigenvalue weighted by atomic mass is 32.2. The first-order chi connectivity index (χ1) is 8.96. The minimum absolute atomic E-state index is 0.113. The molecule has 0 aromatic heterocycles. The van der Waals surface area contributed by atoms with Crippen LogP contribution in [0.5, 0.6) is 5.75 Å². The fourth-order valence-electron chi connectivity index (χ4n) is 2.26. The van der Waals surface area contributed by atoms with E-state index < -0.39 is 10.0 Å². The SMILES string of the molecule is COc1ccccc1S(=O)(=O)N1CCC(C)C(N)C1. The van der Waals surface area contributed by atoms with Gasteiger partial charge in [0.1, 0.15) is 10.6 Å². The van der Waals surface area contributed by atoms with Crippen molar-refractivity contribution in [1.29, 1.82) is 0 Å². The monoisotopic (exact) mass is 284 g/mol. The Morgan fingerprint density at radius 2 is 2.05 bits per heavy atom. The van der Waals surface area contributed by atoms with Gasteiger partial charge in [-0.1, -0.05) is 19.1 Å². The molecular weight excluding hydrogens is 264 g/mol. The minimum Gasteiger partial charge on any atom is -0.495 e. The Morgan fingerprint density at radius 1 is 1.37 bits per heavy atom. The largest absolute Gasteiger partial charge is 0.495 e. The summed E-state index contributed by atoms with van der Waals surface area (Å²) in [5.41, 5.74) is 5.98. The van der Waals surface area contributed by atoms with E-state index >= 15 is 0 Å². The zero-order chi connectivity index (χ0) is 14.0. The maximum Gasteiger partial charge on any atom is 0.246 e. The number of hydrogen-bond acceptors (Lipinski definition) is 4. The van der Waals surface area contributed by atoms with Crippen LogP contribution in [0.25, 0.3) is 0 Å². The predicted molar refractivity (Wildman–Crippen MR) is 73.5 cm³/mol. The van der Waals surface area contributed by atoms with Crippen LogP contribution in [0.4, 0.5) is 0 Å². The van der Waals surface area contributed by atoms with Crippen molar-refractivity contribution in [2.75, 3.05) is 20.2 Å². The number of piperidine rings is 1. The molecule has 1 aromatic rings. The van der Waals surface area contributed by atoms with E-state index in [9.17, 15) is 8.42 Å². The fourth-order valence-corrected chi connectivity index (χ4v) is 3.91. The van der Waals surface area contributed by atoms with Gasteiger partial charge in [0.2, 0.25) is 10.0 Å². The number of nitrogens with two attached hydrogens (primary N) is 1. The molecule has 0 bridgehead atoms. The molecule has 1 aliphatic heterocycles. The molecule has 1 saturated heterocycles. The maximum absolute atomic E-state index is 12.6. The van der Waals surface area contributed by atoms with Crippen LogP contribution in [-0.4, -0.2) is 39.0 Å². The number of benzene rings is 1. The van der Waals surface area contributed by atoms with E-state index in [4.69, 9.17) is 10.5 Å². The fraction of sp³-hybridized carbons (Fsp3) is 0.538. The van der Waals surface area contributed by atoms with Gasteiger partial charge in [-0.2, -0.15) is 4.31 Å². The van der Waals surface area contributed by atoms with E-state index in [1.54, 1.807) is 24.3 Å². The molecule has 106 valence electrons. The zero-order valence-corrected chi connectivity index (χ0v) is 12.1. The second-order valence-electron chi connectivity index (χ2n) is 4.94. The smallest absolute Gasteiger partial charge is 0.246 e. The summed E-state index contributed by atoms with van der Waals surface area (Å²) in [4.78, 5) is 0.208. The van der Waals surface area contributed by atoms with Crippen molar-refractivity contribution in [2.45, 2.75) is 24.3 Å². The van der Waals surface area contributed by atoms with Crippen LogP contribution in [0.3, 0.4) is 0 Å². The third-order valence-corrected chi connectivity index (χ3v) is 5.57. The molecule has 1 aromatic carbocycles. The Balaban J connectivity index is 2.32. The molecule has 0 saturated carbocycles. The lowest BCUT2D eigenvalue weighted by atomic mass is 9.96. The van der Waals surface area contributed by atoms with Gasteiger partial charge in [0, 0.05) is 19.1 Å². The van der Waals surface area contributed by atoms with E-state index in [1.165, 1.54) is 11.4 Å². The normalized spacial score (nSPS) is 25.2. The van der Waals surface area contributed by atoms with Gasteiger partial charge in [0.15, 0.2) is 0 Å². The highest BCUT2D eigenvalue weighted by molar-refractivity contribution is 7.89. The summed E-state index contributed by atoms with van der Waals surface area (Å²) in [6.45, 7) is 2.93. The lowest BCUT2D eigenvalue weighted by Crippen LogP contribution is -2.49. The first kappa shape index (κ1) is 14.3. The van der Waals surface area contributed by atoms with Crippen LogP contribution in [-0.2, 0) is 10.0 Å². The summed E-state index contributed by atoms with van der Waals surface area (Å²) >= 11 is 0. The number of nitrogens with zero attached hydrogens (tertiary/aromatic N) is 1. The number of methoxy groups -OCH3 is 1. The Morgan fingerprint density at radius 3 is 2.68 bits per heavy atom. The Labute approximate surface area is 114 Å². The van der Waals surface area contributed by atoms with Crippen molar-refractivity contribution < 1.29 is 13.2 Å². The first-order valence-corrected chi connectivity index (χ1v) is 7.79. The molecule has 2 rings (SSSR count). The number of ether oxygens (including phenoxy) is 1. The quantitative estimate of drug-likeness (QED) is 0.900. The zero-order valence-electron chi connectivity index (χ0n) is 11.2. The highest BCUT2D eigenvalue weighted by Crippen LogP contribution is 2.28. The number of sulfonamides is 1. The third-order valence-electron chi connectivity index (χ3n) is 3.67. The Kier molecular flexibility index (Phi) is 4.13. The lowest BCUT2D eigenvalue weighted by molar-refractivity contribution is 0.252. The van der Waals surface area contributed by atoms with Crippen molar-refractivity contribution in [3.05, 3.63) is 24.3 Å². The minimum atomic E-state index is -3.53. The molecule has 2 N–H and O–H groups in total. The lowest BCUT2D eigenvalue weighted by Gasteiger charge is -2.34. The third kappa shape index (κ3) is 2.75. The van der Waals surface area contributed by atoms with Crippen LogP contribution >= 0.6 is 0 Å². The molecule has 5 nitrogen and oxygen atoms in total. The van der Waals surface area contributed by atoms with Crippen LogP contribution in [0.2, 0.25) is 0 Å². The van der Waals surface area contributed by atoms with E-state index in [2.05, 4.69) is 6.92 Å². The summed E-state index contributed by atoms with van der Waals surface area (Å²) in [7, 11) is -2.06. The van der Waals surface area contributed by atoms with Gasteiger partial charge in [0.25, 0.3) is 0 Å². The number of rotatable bonds is 3. The molecule has 0 aliphatic carbocycles. The van der Waals surface area contributed by atoms with E-state index in [0.29, 0.717) is 24.8 Å². The van der Waals surface area contributed by atoms with Crippen molar-refractivity contribution in [1.82, 2.24) is 4.31 Å². The molecule has 19 heavy (non-hydrogen) atoms. The van der Waals surface area contributed by atoms with Crippen molar-refractivity contribution in [2.24, 2.45) is 11.7 Å². The van der Waals surface area contributed by atoms with E-state index in [0.717, 1.165) is 6.42 Å². The number of para-hydroxylation sites is 1. The molecule has 2 atom stereocenters. The summed E-state index contributed by atoms with van der Waals surface area (Å²) in [5.74, 6) is 0.721. The van der Waals surface area contributed by atoms with Gasteiger partial charge in [-0.15, -0.1) is 0 Å². The molecule has 0 radical (unpaired) electrons. The average molecular weight is 284 g/mol. The highest BCUT2D eigenvalue weighted by Gasteiger charge is 2.33. The Bertz CT molecular complexity index is 545. The van der Waals surface area contributed by atoms with E-state index in [1.807, 2.05) is 0 Å². The van der Waals surface area contributed by atoms with Crippen LogP contribution in [0.1, 0.15) is 13.3 Å². The molecule has 1 heterocycles. The first-order valence-electron chi connectivity index (χ1n) is 6.35. The van der Waals surface area contributed by atoms with Gasteiger partial charge in [-0.05, 0) is 24.5 Å². The molecule has 0 amide bonds. The summed E-state index contributed by atoms with van der Waals surface area (Å²) in [6, 6.07) is 6.55. The summed E-state index contributed by atoms with van der Waals surface area (Å²) < 4.78 is 31.8. The summed E-state index contributed by atoms with van der Waals surface area (Å²) in [6.07, 6.45) is 0.787. The average Bonchev–Trinajstić information content (AvgIpc) is 2.41. The van der Waals surface area contributed by atoms with E-state index in [-0.39, 0.29) is 10.9 Å². The van der Waals surface area contributed by atoms with Crippen LogP contribution in [0, 0.1) is 5.92 Å². The van der Waals surface area contributed by atoms with Crippen molar-refractivity contribution >= 4 is 10.0 Å². The second-order valence-corrected chi connectivity index (χ2v) is 6.85. The standard InChI is InChI=1S/C13H20N2O3S/c1-10-7-8-15(9-11(10)14)19(16,17)13-6-4-3-5-12(13)18-2/h3-6,10-11H,7-9,14H2,1-2H3. The van der Waals surface area contributed by atoms with Gasteiger partial charge in [0.05, 0.1) is 7.11 Å². The molecule has 1 fully saturated rings. The van der Waals surface area contributed by atoms with Crippen LogP contribution < -0.4 is 10.5 Å². The summed E-state index contributed by atoms with van der Waals surface area (Å²) in [5, 5.41) is 0. The van der Waals surface area contributed by atoms with Gasteiger partial charge >= 0.3 is 0 Å². The second kappa shape index (κ2) is 5.48. The molecule has 6 heteroatoms. The van der Waals surface area contributed by atoms with Crippen LogP contribution in [0.15, 0.2) is 29.2 Å². The van der Waals surface area contributed by atoms with Gasteiger partial charge in [-0.25, -0.2) is 8.42 Å². The van der Waals surface area contributed by atoms with Gasteiger partial charge in [-0.3, -0.25) is 0 Å².